The van der Waals surface area contributed by atoms with Gasteiger partial charge < -0.3 is 15.0 Å². The molecule has 1 saturated carbocycles. The number of aliphatic imine (C=N–C) groups is 1. The van der Waals surface area contributed by atoms with E-state index in [1.165, 1.54) is 19.3 Å². The first-order valence-corrected chi connectivity index (χ1v) is 8.88. The summed E-state index contributed by atoms with van der Waals surface area (Å²) in [5.41, 5.74) is 1.07. The normalized spacial score (nSPS) is 22.5. The standard InChI is InChI=1S/C16H28N4OS/c1-6-7-12-8-14(12)19-16(17-3)20(4)9-13-10-22-15(18-13)11(2)21-5/h10-12,14H,6-9H2,1-5H3,(H,17,19). The molecule has 1 aromatic rings. The number of hydrogen-bond acceptors (Lipinski definition) is 4. The molecule has 0 aliphatic heterocycles. The molecule has 0 saturated heterocycles. The van der Waals surface area contributed by atoms with Gasteiger partial charge in [-0.05, 0) is 25.7 Å². The number of ether oxygens (including phenoxy) is 1. The van der Waals surface area contributed by atoms with Crippen molar-refractivity contribution in [2.75, 3.05) is 21.2 Å². The quantitative estimate of drug-likeness (QED) is 0.619. The van der Waals surface area contributed by atoms with Crippen molar-refractivity contribution in [2.24, 2.45) is 10.9 Å². The number of guanidine groups is 1. The van der Waals surface area contributed by atoms with Gasteiger partial charge in [0, 0.05) is 32.6 Å². The lowest BCUT2D eigenvalue weighted by atomic mass is 10.2. The van der Waals surface area contributed by atoms with Gasteiger partial charge >= 0.3 is 0 Å². The van der Waals surface area contributed by atoms with Crippen LogP contribution < -0.4 is 5.32 Å². The van der Waals surface area contributed by atoms with Crippen molar-refractivity contribution < 1.29 is 4.74 Å². The molecule has 6 heteroatoms. The van der Waals surface area contributed by atoms with Gasteiger partial charge in [0.1, 0.15) is 11.1 Å². The van der Waals surface area contributed by atoms with Crippen LogP contribution in [0.3, 0.4) is 0 Å². The maximum atomic E-state index is 5.32. The van der Waals surface area contributed by atoms with Gasteiger partial charge in [0.15, 0.2) is 5.96 Å². The number of aromatic nitrogens is 1. The van der Waals surface area contributed by atoms with Crippen molar-refractivity contribution in [3.05, 3.63) is 16.1 Å². The van der Waals surface area contributed by atoms with E-state index < -0.39 is 0 Å². The first-order chi connectivity index (χ1) is 10.6. The zero-order chi connectivity index (χ0) is 16.1. The third-order valence-electron chi connectivity index (χ3n) is 4.14. The van der Waals surface area contributed by atoms with E-state index in [-0.39, 0.29) is 6.10 Å². The molecule has 1 aliphatic carbocycles. The fourth-order valence-electron chi connectivity index (χ4n) is 2.63. The summed E-state index contributed by atoms with van der Waals surface area (Å²) in [6, 6.07) is 0.598. The van der Waals surface area contributed by atoms with Crippen LogP contribution in [0.1, 0.15) is 49.9 Å². The molecule has 1 N–H and O–H groups in total. The van der Waals surface area contributed by atoms with Gasteiger partial charge in [-0.15, -0.1) is 11.3 Å². The summed E-state index contributed by atoms with van der Waals surface area (Å²) in [7, 11) is 5.62. The molecule has 2 rings (SSSR count). The second kappa shape index (κ2) is 7.92. The van der Waals surface area contributed by atoms with Crippen molar-refractivity contribution in [2.45, 2.75) is 51.8 Å². The number of hydrogen-bond donors (Lipinski definition) is 1. The predicted octanol–water partition coefficient (Wildman–Crippen LogP) is 3.05. The lowest BCUT2D eigenvalue weighted by Gasteiger charge is -2.21. The van der Waals surface area contributed by atoms with Crippen LogP contribution >= 0.6 is 11.3 Å². The van der Waals surface area contributed by atoms with Gasteiger partial charge in [0.2, 0.25) is 0 Å². The molecule has 1 fully saturated rings. The molecule has 0 aromatic carbocycles. The smallest absolute Gasteiger partial charge is 0.193 e. The van der Waals surface area contributed by atoms with Crippen LogP contribution in [-0.2, 0) is 11.3 Å². The summed E-state index contributed by atoms with van der Waals surface area (Å²) in [5, 5.41) is 6.69. The monoisotopic (exact) mass is 324 g/mol. The molecule has 124 valence electrons. The molecule has 1 aliphatic rings. The Morgan fingerprint density at radius 3 is 3.05 bits per heavy atom. The van der Waals surface area contributed by atoms with E-state index in [1.54, 1.807) is 18.4 Å². The summed E-state index contributed by atoms with van der Waals surface area (Å²) < 4.78 is 5.32. The Kier molecular flexibility index (Phi) is 6.20. The molecule has 3 atom stereocenters. The Morgan fingerprint density at radius 2 is 2.41 bits per heavy atom. The van der Waals surface area contributed by atoms with E-state index in [0.717, 1.165) is 29.1 Å². The first-order valence-electron chi connectivity index (χ1n) is 8.00. The number of thiazole rings is 1. The van der Waals surface area contributed by atoms with Crippen molar-refractivity contribution in [3.63, 3.8) is 0 Å². The summed E-state index contributed by atoms with van der Waals surface area (Å²) in [6.07, 6.45) is 3.90. The molecule has 22 heavy (non-hydrogen) atoms. The molecule has 0 spiro atoms. The lowest BCUT2D eigenvalue weighted by molar-refractivity contribution is 0.119. The highest BCUT2D eigenvalue weighted by atomic mass is 32.1. The van der Waals surface area contributed by atoms with Gasteiger partial charge in [0.25, 0.3) is 0 Å². The Morgan fingerprint density at radius 1 is 1.64 bits per heavy atom. The maximum Gasteiger partial charge on any atom is 0.193 e. The van der Waals surface area contributed by atoms with Crippen LogP contribution in [0.15, 0.2) is 10.4 Å². The van der Waals surface area contributed by atoms with Crippen molar-refractivity contribution >= 4 is 17.3 Å². The number of nitrogens with zero attached hydrogens (tertiary/aromatic N) is 3. The SMILES string of the molecule is CCCC1CC1NC(=NC)N(C)Cc1csc(C(C)OC)n1. The van der Waals surface area contributed by atoms with Crippen LogP contribution in [0.5, 0.6) is 0 Å². The summed E-state index contributed by atoms with van der Waals surface area (Å²) >= 11 is 1.65. The molecule has 5 nitrogen and oxygen atoms in total. The van der Waals surface area contributed by atoms with Crippen LogP contribution in [0.2, 0.25) is 0 Å². The molecule has 1 aromatic heterocycles. The minimum Gasteiger partial charge on any atom is -0.375 e. The third-order valence-corrected chi connectivity index (χ3v) is 5.19. The van der Waals surface area contributed by atoms with Gasteiger partial charge in [-0.25, -0.2) is 4.98 Å². The van der Waals surface area contributed by atoms with E-state index in [1.807, 2.05) is 14.0 Å². The number of methoxy groups -OCH3 is 1. The van der Waals surface area contributed by atoms with Crippen molar-refractivity contribution in [1.29, 1.82) is 0 Å². The summed E-state index contributed by atoms with van der Waals surface area (Å²) in [5.74, 6) is 1.78. The second-order valence-electron chi connectivity index (χ2n) is 5.99. The average molecular weight is 324 g/mol. The van der Waals surface area contributed by atoms with E-state index >= 15 is 0 Å². The van der Waals surface area contributed by atoms with Gasteiger partial charge in [-0.3, -0.25) is 4.99 Å². The predicted molar refractivity (Wildman–Crippen MR) is 92.3 cm³/mol. The topological polar surface area (TPSA) is 49.8 Å². The lowest BCUT2D eigenvalue weighted by Crippen LogP contribution is -2.40. The number of nitrogens with one attached hydrogen (secondary N) is 1. The molecule has 1 heterocycles. The Bertz CT molecular complexity index is 502. The fraction of sp³-hybridized carbons (Fsp3) is 0.750. The minimum atomic E-state index is 0.0581. The molecular formula is C16H28N4OS. The Balaban J connectivity index is 1.87. The van der Waals surface area contributed by atoms with Gasteiger partial charge in [-0.1, -0.05) is 13.3 Å². The first kappa shape index (κ1) is 17.2. The Hall–Kier alpha value is -1.14. The number of rotatable bonds is 7. The molecule has 0 radical (unpaired) electrons. The van der Waals surface area contributed by atoms with Gasteiger partial charge in [0.05, 0.1) is 12.2 Å². The van der Waals surface area contributed by atoms with Crippen LogP contribution in [-0.4, -0.2) is 43.1 Å². The molecule has 0 amide bonds. The van der Waals surface area contributed by atoms with E-state index in [0.29, 0.717) is 6.04 Å². The van der Waals surface area contributed by atoms with Gasteiger partial charge in [-0.2, -0.15) is 0 Å². The molecule has 3 unspecified atom stereocenters. The summed E-state index contributed by atoms with van der Waals surface area (Å²) in [4.78, 5) is 11.2. The summed E-state index contributed by atoms with van der Waals surface area (Å²) in [6.45, 7) is 5.03. The van der Waals surface area contributed by atoms with Crippen LogP contribution in [0.25, 0.3) is 0 Å². The fourth-order valence-corrected chi connectivity index (χ4v) is 3.47. The van der Waals surface area contributed by atoms with E-state index in [4.69, 9.17) is 4.74 Å². The zero-order valence-electron chi connectivity index (χ0n) is 14.3. The average Bonchev–Trinajstić information content (AvgIpc) is 3.07. The maximum absolute atomic E-state index is 5.32. The van der Waals surface area contributed by atoms with Crippen molar-refractivity contribution in [3.8, 4) is 0 Å². The van der Waals surface area contributed by atoms with E-state index in [9.17, 15) is 0 Å². The highest BCUT2D eigenvalue weighted by Crippen LogP contribution is 2.34. The third kappa shape index (κ3) is 4.43. The molecular weight excluding hydrogens is 296 g/mol. The van der Waals surface area contributed by atoms with Crippen LogP contribution in [0.4, 0.5) is 0 Å². The highest BCUT2D eigenvalue weighted by molar-refractivity contribution is 7.09. The minimum absolute atomic E-state index is 0.0581. The van der Waals surface area contributed by atoms with Crippen LogP contribution in [0, 0.1) is 5.92 Å². The zero-order valence-corrected chi connectivity index (χ0v) is 15.1. The molecule has 0 bridgehead atoms. The largest absolute Gasteiger partial charge is 0.375 e. The Labute approximate surface area is 137 Å². The second-order valence-corrected chi connectivity index (χ2v) is 6.88. The van der Waals surface area contributed by atoms with Crippen molar-refractivity contribution in [1.82, 2.24) is 15.2 Å². The van der Waals surface area contributed by atoms with E-state index in [2.05, 4.69) is 39.5 Å². The highest BCUT2D eigenvalue weighted by Gasteiger charge is 2.37.